The molecule has 1 rings (SSSR count). The highest BCUT2D eigenvalue weighted by atomic mass is 16.5. The van der Waals surface area contributed by atoms with Gasteiger partial charge in [-0.05, 0) is 6.42 Å². The quantitative estimate of drug-likeness (QED) is 0.239. The van der Waals surface area contributed by atoms with Gasteiger partial charge in [0.05, 0.1) is 36.9 Å². The van der Waals surface area contributed by atoms with Gasteiger partial charge in [-0.3, -0.25) is 9.97 Å². The Bertz CT molecular complexity index is 474. The van der Waals surface area contributed by atoms with Crippen LogP contribution in [0, 0.1) is 0 Å². The van der Waals surface area contributed by atoms with Crippen LogP contribution in [0.2, 0.25) is 0 Å². The Morgan fingerprint density at radius 3 is 2.20 bits per heavy atom. The smallest absolute Gasteiger partial charge is 0.126 e. The Hall–Kier alpha value is -1.20. The summed E-state index contributed by atoms with van der Waals surface area (Å²) in [7, 11) is 0. The standard InChI is InChI=1S/C16H28N2O7/c1-2-3-4-25-14(12(21)8-19)5-10-6-18-11(7-17-10)15(23)16(24)13(22)9-20/h6-7,12-16,19-24H,2-5,8-9H2,1H3/t12-,13-,14-,15-,16-/m1/s1. The average molecular weight is 360 g/mol. The maximum absolute atomic E-state index is 9.91. The summed E-state index contributed by atoms with van der Waals surface area (Å²) < 4.78 is 5.57. The van der Waals surface area contributed by atoms with E-state index >= 15 is 0 Å². The molecule has 1 heterocycles. The Labute approximate surface area is 146 Å². The van der Waals surface area contributed by atoms with Gasteiger partial charge in [-0.2, -0.15) is 0 Å². The van der Waals surface area contributed by atoms with Gasteiger partial charge in [0, 0.05) is 19.2 Å². The van der Waals surface area contributed by atoms with Gasteiger partial charge in [-0.25, -0.2) is 0 Å². The molecule has 1 aromatic heterocycles. The number of hydrogen-bond acceptors (Lipinski definition) is 9. The number of unbranched alkanes of at least 4 members (excludes halogenated alkanes) is 1. The van der Waals surface area contributed by atoms with Crippen molar-refractivity contribution in [2.24, 2.45) is 0 Å². The molecule has 0 bridgehead atoms. The van der Waals surface area contributed by atoms with Crippen LogP contribution in [-0.2, 0) is 11.2 Å². The fourth-order valence-electron chi connectivity index (χ4n) is 2.13. The summed E-state index contributed by atoms with van der Waals surface area (Å²) in [6.07, 6.45) is -1.68. The predicted molar refractivity (Wildman–Crippen MR) is 87.5 cm³/mol. The number of hydrogen-bond donors (Lipinski definition) is 6. The van der Waals surface area contributed by atoms with Gasteiger partial charge in [-0.15, -0.1) is 0 Å². The molecule has 9 heteroatoms. The second-order valence-electron chi connectivity index (χ2n) is 5.83. The van der Waals surface area contributed by atoms with E-state index in [4.69, 9.17) is 14.9 Å². The van der Waals surface area contributed by atoms with Crippen LogP contribution in [0.15, 0.2) is 12.4 Å². The average Bonchev–Trinajstić information content (AvgIpc) is 2.65. The van der Waals surface area contributed by atoms with Crippen molar-refractivity contribution in [3.63, 3.8) is 0 Å². The molecule has 0 amide bonds. The Morgan fingerprint density at radius 2 is 1.68 bits per heavy atom. The highest BCUT2D eigenvalue weighted by Crippen LogP contribution is 2.17. The molecule has 0 spiro atoms. The zero-order valence-corrected chi connectivity index (χ0v) is 14.3. The second-order valence-corrected chi connectivity index (χ2v) is 5.83. The van der Waals surface area contributed by atoms with Gasteiger partial charge in [0.2, 0.25) is 0 Å². The van der Waals surface area contributed by atoms with E-state index in [1.807, 2.05) is 6.92 Å². The largest absolute Gasteiger partial charge is 0.394 e. The lowest BCUT2D eigenvalue weighted by molar-refractivity contribution is -0.0791. The summed E-state index contributed by atoms with van der Waals surface area (Å²) >= 11 is 0. The van der Waals surface area contributed by atoms with Crippen LogP contribution in [0.4, 0.5) is 0 Å². The van der Waals surface area contributed by atoms with Crippen LogP contribution in [0.25, 0.3) is 0 Å². The van der Waals surface area contributed by atoms with E-state index < -0.39 is 43.7 Å². The zero-order chi connectivity index (χ0) is 18.8. The fraction of sp³-hybridized carbons (Fsp3) is 0.750. The third kappa shape index (κ3) is 6.90. The molecule has 0 unspecified atom stereocenters. The molecule has 0 fully saturated rings. The van der Waals surface area contributed by atoms with E-state index in [0.29, 0.717) is 12.3 Å². The molecular weight excluding hydrogens is 332 g/mol. The molecule has 0 saturated heterocycles. The molecule has 1 aromatic rings. The summed E-state index contributed by atoms with van der Waals surface area (Å²) in [4.78, 5) is 8.09. The van der Waals surface area contributed by atoms with Gasteiger partial charge >= 0.3 is 0 Å². The molecule has 0 radical (unpaired) electrons. The number of aliphatic hydroxyl groups is 6. The van der Waals surface area contributed by atoms with Crippen molar-refractivity contribution in [2.45, 2.75) is 56.7 Å². The number of rotatable bonds is 12. The molecule has 0 aliphatic heterocycles. The van der Waals surface area contributed by atoms with E-state index in [1.54, 1.807) is 0 Å². The number of aromatic nitrogens is 2. The summed E-state index contributed by atoms with van der Waals surface area (Å²) in [5.41, 5.74) is 0.511. The van der Waals surface area contributed by atoms with Crippen LogP contribution in [0.5, 0.6) is 0 Å². The van der Waals surface area contributed by atoms with E-state index in [0.717, 1.165) is 12.8 Å². The van der Waals surface area contributed by atoms with Crippen LogP contribution < -0.4 is 0 Å². The molecule has 0 aliphatic rings. The highest BCUT2D eigenvalue weighted by molar-refractivity contribution is 5.08. The summed E-state index contributed by atoms with van der Waals surface area (Å²) in [6, 6.07) is 0. The van der Waals surface area contributed by atoms with Gasteiger partial charge in [0.1, 0.15) is 24.4 Å². The van der Waals surface area contributed by atoms with Crippen LogP contribution >= 0.6 is 0 Å². The van der Waals surface area contributed by atoms with E-state index in [2.05, 4.69) is 9.97 Å². The third-order valence-corrected chi connectivity index (χ3v) is 3.79. The van der Waals surface area contributed by atoms with Gasteiger partial charge in [-0.1, -0.05) is 13.3 Å². The van der Waals surface area contributed by atoms with Crippen molar-refractivity contribution in [3.8, 4) is 0 Å². The lowest BCUT2D eigenvalue weighted by atomic mass is 10.1. The van der Waals surface area contributed by atoms with Crippen molar-refractivity contribution in [3.05, 3.63) is 23.8 Å². The maximum Gasteiger partial charge on any atom is 0.126 e. The highest BCUT2D eigenvalue weighted by Gasteiger charge is 2.27. The summed E-state index contributed by atoms with van der Waals surface area (Å²) in [5.74, 6) is 0. The maximum atomic E-state index is 9.91. The van der Waals surface area contributed by atoms with Crippen molar-refractivity contribution in [2.75, 3.05) is 19.8 Å². The third-order valence-electron chi connectivity index (χ3n) is 3.79. The molecule has 144 valence electrons. The minimum absolute atomic E-state index is 0.0370. The number of aliphatic hydroxyl groups excluding tert-OH is 6. The predicted octanol–water partition coefficient (Wildman–Crippen LogP) is -1.69. The minimum atomic E-state index is -1.59. The molecule has 0 saturated carbocycles. The van der Waals surface area contributed by atoms with Gasteiger partial charge < -0.3 is 35.4 Å². The summed E-state index contributed by atoms with van der Waals surface area (Å²) in [6.45, 7) is 1.33. The first kappa shape index (κ1) is 21.8. The number of nitrogens with zero attached hydrogens (tertiary/aromatic N) is 2. The second kappa shape index (κ2) is 11.4. The van der Waals surface area contributed by atoms with Crippen LogP contribution in [0.1, 0.15) is 37.3 Å². The van der Waals surface area contributed by atoms with Crippen molar-refractivity contribution >= 4 is 0 Å². The molecule has 5 atom stereocenters. The molecule has 9 nitrogen and oxygen atoms in total. The SMILES string of the molecule is CCCCO[C@H](Cc1cnc([C@@H](O)[C@H](O)[C@H](O)CO)cn1)[C@H](O)CO. The minimum Gasteiger partial charge on any atom is -0.394 e. The van der Waals surface area contributed by atoms with E-state index in [-0.39, 0.29) is 12.1 Å². The van der Waals surface area contributed by atoms with E-state index in [9.17, 15) is 20.4 Å². The van der Waals surface area contributed by atoms with Gasteiger partial charge in [0.25, 0.3) is 0 Å². The van der Waals surface area contributed by atoms with Crippen LogP contribution in [0.3, 0.4) is 0 Å². The first-order valence-corrected chi connectivity index (χ1v) is 8.30. The molecule has 25 heavy (non-hydrogen) atoms. The summed E-state index contributed by atoms with van der Waals surface area (Å²) in [5, 5.41) is 56.7. The normalized spacial score (nSPS) is 17.7. The molecule has 0 aromatic carbocycles. The topological polar surface area (TPSA) is 156 Å². The first-order chi connectivity index (χ1) is 11.9. The Morgan fingerprint density at radius 1 is 1.00 bits per heavy atom. The Kier molecular flexibility index (Phi) is 9.98. The lowest BCUT2D eigenvalue weighted by Crippen LogP contribution is -2.35. The molecule has 0 aliphatic carbocycles. The van der Waals surface area contributed by atoms with Crippen LogP contribution in [-0.4, -0.2) is 84.8 Å². The first-order valence-electron chi connectivity index (χ1n) is 8.30. The fourth-order valence-corrected chi connectivity index (χ4v) is 2.13. The molecule has 6 N–H and O–H groups in total. The number of ether oxygens (including phenoxy) is 1. The Balaban J connectivity index is 2.72. The monoisotopic (exact) mass is 360 g/mol. The lowest BCUT2D eigenvalue weighted by Gasteiger charge is -2.22. The van der Waals surface area contributed by atoms with Crippen molar-refractivity contribution in [1.29, 1.82) is 0 Å². The van der Waals surface area contributed by atoms with E-state index in [1.165, 1.54) is 12.4 Å². The van der Waals surface area contributed by atoms with Gasteiger partial charge in [0.15, 0.2) is 0 Å². The van der Waals surface area contributed by atoms with Crippen molar-refractivity contribution in [1.82, 2.24) is 9.97 Å². The van der Waals surface area contributed by atoms with Crippen molar-refractivity contribution < 1.29 is 35.4 Å². The molecular formula is C16H28N2O7. The zero-order valence-electron chi connectivity index (χ0n) is 14.3.